The van der Waals surface area contributed by atoms with E-state index in [0.29, 0.717) is 11.3 Å². The Kier molecular flexibility index (Phi) is 4.33. The molecule has 2 aromatic carbocycles. The Bertz CT molecular complexity index is 535. The lowest BCUT2D eigenvalue weighted by Gasteiger charge is -2.02. The molecule has 92 valence electrons. The highest BCUT2D eigenvalue weighted by molar-refractivity contribution is 8.14. The molecule has 0 aromatic heterocycles. The standard InChI is InChI=1S/C14H13NOS2/c1-17-12-6-8-13(9-7-12)18-14(16)10-2-4-11(15)5-3-10/h2-9H,15H2,1H3. The zero-order valence-corrected chi connectivity index (χ0v) is 11.6. The van der Waals surface area contributed by atoms with Crippen LogP contribution in [0.15, 0.2) is 58.3 Å². The molecule has 2 N–H and O–H groups in total. The van der Waals surface area contributed by atoms with Gasteiger partial charge in [-0.3, -0.25) is 4.79 Å². The molecule has 0 aliphatic carbocycles. The molecule has 0 amide bonds. The van der Waals surface area contributed by atoms with E-state index in [-0.39, 0.29) is 5.12 Å². The second-order valence-corrected chi connectivity index (χ2v) is 5.61. The highest BCUT2D eigenvalue weighted by atomic mass is 32.2. The van der Waals surface area contributed by atoms with Gasteiger partial charge in [0.05, 0.1) is 0 Å². The first-order chi connectivity index (χ1) is 8.69. The molecular formula is C14H13NOS2. The quantitative estimate of drug-likeness (QED) is 0.681. The van der Waals surface area contributed by atoms with Gasteiger partial charge in [0.25, 0.3) is 0 Å². The van der Waals surface area contributed by atoms with E-state index >= 15 is 0 Å². The highest BCUT2D eigenvalue weighted by Crippen LogP contribution is 2.25. The number of rotatable bonds is 3. The van der Waals surface area contributed by atoms with E-state index in [9.17, 15) is 4.79 Å². The van der Waals surface area contributed by atoms with E-state index in [0.717, 1.165) is 4.90 Å². The van der Waals surface area contributed by atoms with Gasteiger partial charge in [-0.25, -0.2) is 0 Å². The van der Waals surface area contributed by atoms with Crippen LogP contribution in [-0.2, 0) is 0 Å². The maximum absolute atomic E-state index is 12.0. The molecule has 0 atom stereocenters. The second-order valence-electron chi connectivity index (χ2n) is 3.69. The maximum Gasteiger partial charge on any atom is 0.224 e. The smallest absolute Gasteiger partial charge is 0.224 e. The van der Waals surface area contributed by atoms with Crippen molar-refractivity contribution in [1.29, 1.82) is 0 Å². The molecule has 0 heterocycles. The van der Waals surface area contributed by atoms with Crippen LogP contribution >= 0.6 is 23.5 Å². The summed E-state index contributed by atoms with van der Waals surface area (Å²) >= 11 is 2.92. The Morgan fingerprint density at radius 1 is 0.944 bits per heavy atom. The first-order valence-corrected chi connectivity index (χ1v) is 7.45. The minimum atomic E-state index is 0.0342. The van der Waals surface area contributed by atoms with Crippen LogP contribution in [0, 0.1) is 0 Å². The lowest BCUT2D eigenvalue weighted by molar-refractivity contribution is 0.108. The fourth-order valence-electron chi connectivity index (χ4n) is 1.43. The van der Waals surface area contributed by atoms with Gasteiger partial charge in [0.2, 0.25) is 5.12 Å². The molecule has 0 bridgehead atoms. The summed E-state index contributed by atoms with van der Waals surface area (Å²) < 4.78 is 0. The van der Waals surface area contributed by atoms with Gasteiger partial charge in [0.15, 0.2) is 0 Å². The minimum Gasteiger partial charge on any atom is -0.399 e. The second kappa shape index (κ2) is 5.98. The van der Waals surface area contributed by atoms with Gasteiger partial charge in [0.1, 0.15) is 0 Å². The van der Waals surface area contributed by atoms with Gasteiger partial charge < -0.3 is 5.73 Å². The van der Waals surface area contributed by atoms with Crippen molar-refractivity contribution < 1.29 is 4.79 Å². The van der Waals surface area contributed by atoms with Crippen LogP contribution in [-0.4, -0.2) is 11.4 Å². The summed E-state index contributed by atoms with van der Waals surface area (Å²) in [5.41, 5.74) is 6.93. The first kappa shape index (κ1) is 13.1. The van der Waals surface area contributed by atoms with Crippen molar-refractivity contribution in [2.45, 2.75) is 9.79 Å². The Balaban J connectivity index is 2.08. The average molecular weight is 275 g/mol. The Hall–Kier alpha value is -1.39. The summed E-state index contributed by atoms with van der Waals surface area (Å²) in [5, 5.41) is 0.0342. The Morgan fingerprint density at radius 2 is 1.50 bits per heavy atom. The average Bonchev–Trinajstić information content (AvgIpc) is 2.40. The largest absolute Gasteiger partial charge is 0.399 e. The molecule has 2 aromatic rings. The van der Waals surface area contributed by atoms with Crippen LogP contribution in [0.25, 0.3) is 0 Å². The third kappa shape index (κ3) is 3.31. The van der Waals surface area contributed by atoms with Gasteiger partial charge in [0, 0.05) is 21.0 Å². The Labute approximate surface area is 115 Å². The number of hydrogen-bond acceptors (Lipinski definition) is 4. The zero-order valence-electron chi connectivity index (χ0n) is 9.92. The van der Waals surface area contributed by atoms with Crippen LogP contribution in [0.1, 0.15) is 10.4 Å². The molecule has 2 rings (SSSR count). The molecule has 0 fully saturated rings. The van der Waals surface area contributed by atoms with E-state index in [1.54, 1.807) is 36.0 Å². The monoisotopic (exact) mass is 275 g/mol. The van der Waals surface area contributed by atoms with Crippen LogP contribution in [0.2, 0.25) is 0 Å². The van der Waals surface area contributed by atoms with Crippen LogP contribution in [0.3, 0.4) is 0 Å². The molecule has 2 nitrogen and oxygen atoms in total. The number of benzene rings is 2. The summed E-state index contributed by atoms with van der Waals surface area (Å²) in [6, 6.07) is 14.9. The summed E-state index contributed by atoms with van der Waals surface area (Å²) in [7, 11) is 0. The number of anilines is 1. The van der Waals surface area contributed by atoms with Crippen molar-refractivity contribution in [3.63, 3.8) is 0 Å². The summed E-state index contributed by atoms with van der Waals surface area (Å²) in [4.78, 5) is 14.1. The SMILES string of the molecule is CSc1ccc(SC(=O)c2ccc(N)cc2)cc1. The topological polar surface area (TPSA) is 43.1 Å². The van der Waals surface area contributed by atoms with E-state index in [2.05, 4.69) is 0 Å². The van der Waals surface area contributed by atoms with Crippen molar-refractivity contribution in [3.8, 4) is 0 Å². The maximum atomic E-state index is 12.0. The number of carbonyl (C=O) groups excluding carboxylic acids is 1. The number of nitrogens with two attached hydrogens (primary N) is 1. The van der Waals surface area contributed by atoms with Gasteiger partial charge in [-0.05, 0) is 66.5 Å². The number of nitrogen functional groups attached to an aromatic ring is 1. The predicted octanol–water partition coefficient (Wildman–Crippen LogP) is 3.92. The minimum absolute atomic E-state index is 0.0342. The third-order valence-electron chi connectivity index (χ3n) is 2.42. The van der Waals surface area contributed by atoms with Crippen LogP contribution in [0.4, 0.5) is 5.69 Å². The van der Waals surface area contributed by atoms with Crippen molar-refractivity contribution in [1.82, 2.24) is 0 Å². The summed E-state index contributed by atoms with van der Waals surface area (Å²) in [6.45, 7) is 0. The van der Waals surface area contributed by atoms with Crippen LogP contribution in [0.5, 0.6) is 0 Å². The summed E-state index contributed by atoms with van der Waals surface area (Å²) in [5.74, 6) is 0. The van der Waals surface area contributed by atoms with Crippen molar-refractivity contribution in [2.24, 2.45) is 0 Å². The van der Waals surface area contributed by atoms with E-state index in [1.807, 2.05) is 30.5 Å². The van der Waals surface area contributed by atoms with Gasteiger partial charge in [-0.1, -0.05) is 0 Å². The predicted molar refractivity (Wildman–Crippen MR) is 79.3 cm³/mol. The lowest BCUT2D eigenvalue weighted by atomic mass is 10.2. The number of carbonyl (C=O) groups is 1. The first-order valence-electron chi connectivity index (χ1n) is 5.41. The van der Waals surface area contributed by atoms with Crippen molar-refractivity contribution >= 4 is 34.3 Å². The molecule has 0 spiro atoms. The van der Waals surface area contributed by atoms with E-state index in [1.165, 1.54) is 16.7 Å². The molecule has 4 heteroatoms. The molecule has 0 aliphatic rings. The molecule has 18 heavy (non-hydrogen) atoms. The Morgan fingerprint density at radius 3 is 2.06 bits per heavy atom. The van der Waals surface area contributed by atoms with Gasteiger partial charge >= 0.3 is 0 Å². The lowest BCUT2D eigenvalue weighted by Crippen LogP contribution is -1.93. The third-order valence-corrected chi connectivity index (χ3v) is 4.09. The van der Waals surface area contributed by atoms with Crippen molar-refractivity contribution in [3.05, 3.63) is 54.1 Å². The summed E-state index contributed by atoms with van der Waals surface area (Å²) in [6.07, 6.45) is 2.03. The molecule has 0 saturated carbocycles. The normalized spacial score (nSPS) is 10.3. The van der Waals surface area contributed by atoms with Crippen molar-refractivity contribution in [2.75, 3.05) is 12.0 Å². The molecule has 0 saturated heterocycles. The van der Waals surface area contributed by atoms with Crippen LogP contribution < -0.4 is 5.73 Å². The molecular weight excluding hydrogens is 262 g/mol. The number of thioether (sulfide) groups is 2. The van der Waals surface area contributed by atoms with Gasteiger partial charge in [-0.15, -0.1) is 11.8 Å². The zero-order chi connectivity index (χ0) is 13.0. The van der Waals surface area contributed by atoms with E-state index in [4.69, 9.17) is 5.73 Å². The van der Waals surface area contributed by atoms with E-state index < -0.39 is 0 Å². The number of hydrogen-bond donors (Lipinski definition) is 1. The van der Waals surface area contributed by atoms with Gasteiger partial charge in [-0.2, -0.15) is 0 Å². The molecule has 0 unspecified atom stereocenters. The molecule has 0 radical (unpaired) electrons. The highest BCUT2D eigenvalue weighted by Gasteiger charge is 2.07. The molecule has 0 aliphatic heterocycles. The fraction of sp³-hybridized carbons (Fsp3) is 0.0714. The fourth-order valence-corrected chi connectivity index (χ4v) is 2.58.